The standard InChI is InChI=1S/C5H12N/c1-3-5(2)4-6/h5-6H,3-4H2,1-2H3/t5-/m0/s1. The van der Waals surface area contributed by atoms with Crippen molar-refractivity contribution in [2.45, 2.75) is 20.3 Å². The maximum Gasteiger partial charge on any atom is 0.0125 e. The SMILES string of the molecule is CC[C@H](C)C[NH]. The van der Waals surface area contributed by atoms with Gasteiger partial charge in [0.2, 0.25) is 0 Å². The van der Waals surface area contributed by atoms with Crippen molar-refractivity contribution in [2.75, 3.05) is 6.54 Å². The molecule has 0 aromatic carbocycles. The minimum Gasteiger partial charge on any atom is -0.258 e. The molecule has 0 saturated carbocycles. The summed E-state index contributed by atoms with van der Waals surface area (Å²) >= 11 is 0. The summed E-state index contributed by atoms with van der Waals surface area (Å²) < 4.78 is 0. The highest BCUT2D eigenvalue weighted by Crippen LogP contribution is 1.94. The summed E-state index contributed by atoms with van der Waals surface area (Å²) in [4.78, 5) is 0. The lowest BCUT2D eigenvalue weighted by Crippen LogP contribution is -1.98. The fourth-order valence-corrected chi connectivity index (χ4v) is 0.144. The van der Waals surface area contributed by atoms with Gasteiger partial charge in [0.25, 0.3) is 0 Å². The van der Waals surface area contributed by atoms with Gasteiger partial charge in [-0.25, -0.2) is 0 Å². The van der Waals surface area contributed by atoms with Crippen LogP contribution >= 0.6 is 0 Å². The molecule has 0 fully saturated rings. The zero-order valence-corrected chi connectivity index (χ0v) is 4.49. The van der Waals surface area contributed by atoms with Crippen LogP contribution in [0.25, 0.3) is 0 Å². The van der Waals surface area contributed by atoms with E-state index in [0.29, 0.717) is 12.5 Å². The van der Waals surface area contributed by atoms with Crippen LogP contribution in [0.1, 0.15) is 20.3 Å². The quantitative estimate of drug-likeness (QED) is 0.484. The Bertz CT molecular complexity index is 23.1. The van der Waals surface area contributed by atoms with Gasteiger partial charge in [-0.15, -0.1) is 0 Å². The van der Waals surface area contributed by atoms with Gasteiger partial charge in [0.05, 0.1) is 0 Å². The molecule has 0 aromatic rings. The Hall–Kier alpha value is -0.0400. The van der Waals surface area contributed by atoms with E-state index >= 15 is 0 Å². The summed E-state index contributed by atoms with van der Waals surface area (Å²) in [5, 5.41) is 0. The Labute approximate surface area is 39.5 Å². The minimum absolute atomic E-state index is 0.580. The highest BCUT2D eigenvalue weighted by atomic mass is 14.5. The Morgan fingerprint density at radius 1 is 1.67 bits per heavy atom. The molecule has 0 aliphatic heterocycles. The molecule has 37 valence electrons. The molecule has 1 N–H and O–H groups in total. The molecule has 0 saturated heterocycles. The van der Waals surface area contributed by atoms with E-state index in [-0.39, 0.29) is 0 Å². The largest absolute Gasteiger partial charge is 0.258 e. The van der Waals surface area contributed by atoms with Crippen molar-refractivity contribution < 1.29 is 0 Å². The third kappa shape index (κ3) is 2.21. The zero-order chi connectivity index (χ0) is 4.99. The highest BCUT2D eigenvalue weighted by Gasteiger charge is 1.89. The fraction of sp³-hybridized carbons (Fsp3) is 1.00. The molecule has 6 heavy (non-hydrogen) atoms. The molecular weight excluding hydrogens is 74.1 g/mol. The molecular formula is C5H12N. The molecule has 0 heterocycles. The second-order valence-electron chi connectivity index (χ2n) is 1.72. The number of hydrogen-bond acceptors (Lipinski definition) is 0. The van der Waals surface area contributed by atoms with Crippen molar-refractivity contribution >= 4 is 0 Å². The van der Waals surface area contributed by atoms with Gasteiger partial charge in [0.1, 0.15) is 0 Å². The van der Waals surface area contributed by atoms with Gasteiger partial charge in [-0.05, 0) is 5.92 Å². The van der Waals surface area contributed by atoms with Crippen LogP contribution < -0.4 is 5.73 Å². The second kappa shape index (κ2) is 3.16. The van der Waals surface area contributed by atoms with Gasteiger partial charge >= 0.3 is 0 Å². The molecule has 0 aliphatic carbocycles. The molecule has 0 amide bonds. The third-order valence-corrected chi connectivity index (χ3v) is 1.05. The van der Waals surface area contributed by atoms with E-state index in [0.717, 1.165) is 6.42 Å². The summed E-state index contributed by atoms with van der Waals surface area (Å²) in [7, 11) is 0. The minimum atomic E-state index is 0.580. The molecule has 0 aromatic heterocycles. The molecule has 0 bridgehead atoms. The summed E-state index contributed by atoms with van der Waals surface area (Å²) in [6, 6.07) is 0. The van der Waals surface area contributed by atoms with Gasteiger partial charge in [0, 0.05) is 6.54 Å². The van der Waals surface area contributed by atoms with Crippen molar-refractivity contribution in [3.05, 3.63) is 0 Å². The summed E-state index contributed by atoms with van der Waals surface area (Å²) in [6.45, 7) is 4.78. The van der Waals surface area contributed by atoms with Crippen LogP contribution in [0.15, 0.2) is 0 Å². The first-order chi connectivity index (χ1) is 2.81. The van der Waals surface area contributed by atoms with E-state index in [2.05, 4.69) is 13.8 Å². The smallest absolute Gasteiger partial charge is 0.0125 e. The summed E-state index contributed by atoms with van der Waals surface area (Å²) in [5.74, 6) is 0.602. The van der Waals surface area contributed by atoms with Gasteiger partial charge in [-0.3, -0.25) is 5.73 Å². The van der Waals surface area contributed by atoms with E-state index in [1.807, 2.05) is 0 Å². The first-order valence-corrected chi connectivity index (χ1v) is 2.45. The molecule has 0 unspecified atom stereocenters. The molecule has 1 atom stereocenters. The van der Waals surface area contributed by atoms with Crippen LogP contribution in [-0.4, -0.2) is 6.54 Å². The first-order valence-electron chi connectivity index (χ1n) is 2.45. The van der Waals surface area contributed by atoms with Crippen molar-refractivity contribution in [1.29, 1.82) is 0 Å². The predicted octanol–water partition coefficient (Wildman–Crippen LogP) is 1.32. The van der Waals surface area contributed by atoms with Gasteiger partial charge < -0.3 is 0 Å². The fourth-order valence-electron chi connectivity index (χ4n) is 0.144. The van der Waals surface area contributed by atoms with Crippen LogP contribution in [0.5, 0.6) is 0 Å². The third-order valence-electron chi connectivity index (χ3n) is 1.05. The Kier molecular flexibility index (Phi) is 3.14. The van der Waals surface area contributed by atoms with Gasteiger partial charge in [-0.1, -0.05) is 20.3 Å². The molecule has 0 aliphatic rings. The first kappa shape index (κ1) is 5.96. The molecule has 1 nitrogen and oxygen atoms in total. The molecule has 1 heteroatoms. The van der Waals surface area contributed by atoms with E-state index in [1.165, 1.54) is 0 Å². The predicted molar refractivity (Wildman–Crippen MR) is 27.4 cm³/mol. The lowest BCUT2D eigenvalue weighted by Gasteiger charge is -1.98. The molecule has 1 radical (unpaired) electrons. The van der Waals surface area contributed by atoms with Gasteiger partial charge in [0.15, 0.2) is 0 Å². The topological polar surface area (TPSA) is 23.8 Å². The van der Waals surface area contributed by atoms with Crippen LogP contribution in [0.4, 0.5) is 0 Å². The van der Waals surface area contributed by atoms with Crippen molar-refractivity contribution in [3.63, 3.8) is 0 Å². The monoisotopic (exact) mass is 86.1 g/mol. The van der Waals surface area contributed by atoms with Crippen LogP contribution in [-0.2, 0) is 0 Å². The highest BCUT2D eigenvalue weighted by molar-refractivity contribution is 4.45. The second-order valence-corrected chi connectivity index (χ2v) is 1.72. The summed E-state index contributed by atoms with van der Waals surface area (Å²) in [6.07, 6.45) is 1.14. The van der Waals surface area contributed by atoms with E-state index in [9.17, 15) is 0 Å². The number of nitrogens with one attached hydrogen (secondary N) is 1. The van der Waals surface area contributed by atoms with Gasteiger partial charge in [-0.2, -0.15) is 0 Å². The number of rotatable bonds is 2. The Balaban J connectivity index is 2.75. The van der Waals surface area contributed by atoms with Crippen LogP contribution in [0.3, 0.4) is 0 Å². The van der Waals surface area contributed by atoms with E-state index < -0.39 is 0 Å². The maximum absolute atomic E-state index is 6.81. The van der Waals surface area contributed by atoms with E-state index in [4.69, 9.17) is 5.73 Å². The lowest BCUT2D eigenvalue weighted by atomic mass is 10.1. The maximum atomic E-state index is 6.81. The Morgan fingerprint density at radius 3 is 2.17 bits per heavy atom. The number of hydrogen-bond donors (Lipinski definition) is 0. The zero-order valence-electron chi connectivity index (χ0n) is 4.49. The Morgan fingerprint density at radius 2 is 2.17 bits per heavy atom. The normalized spacial score (nSPS) is 14.5. The average Bonchev–Trinajstić information content (AvgIpc) is 1.65. The van der Waals surface area contributed by atoms with Crippen molar-refractivity contribution in [3.8, 4) is 0 Å². The molecule has 0 spiro atoms. The molecule has 0 rings (SSSR count). The average molecular weight is 86.2 g/mol. The van der Waals surface area contributed by atoms with Crippen LogP contribution in [0.2, 0.25) is 0 Å². The lowest BCUT2D eigenvalue weighted by molar-refractivity contribution is 0.567. The van der Waals surface area contributed by atoms with Crippen molar-refractivity contribution in [1.82, 2.24) is 5.73 Å². The van der Waals surface area contributed by atoms with E-state index in [1.54, 1.807) is 0 Å². The summed E-state index contributed by atoms with van der Waals surface area (Å²) in [5.41, 5.74) is 6.81. The van der Waals surface area contributed by atoms with Crippen LogP contribution in [0, 0.1) is 5.92 Å². The van der Waals surface area contributed by atoms with Crippen molar-refractivity contribution in [2.24, 2.45) is 5.92 Å².